The number of carbonyl (C=O) groups is 2. The van der Waals surface area contributed by atoms with Crippen molar-refractivity contribution >= 4 is 17.6 Å². The highest BCUT2D eigenvalue weighted by Crippen LogP contribution is 2.30. The van der Waals surface area contributed by atoms with Gasteiger partial charge < -0.3 is 19.9 Å². The standard InChI is InChI=1S/C23H25F3N4O3/c24-23(25,26)18-4-1-3-16(13-18)22(32)30-10-8-29(9-11-30)20-7-6-17(14-27-20)21(31)28-15-19-5-2-12-33-19/h1,3-4,6-7,13-14,19H,2,5,8-12,15H2,(H,28,31). The van der Waals surface area contributed by atoms with Crippen LogP contribution in [0.1, 0.15) is 39.1 Å². The number of rotatable bonds is 5. The van der Waals surface area contributed by atoms with E-state index in [1.54, 1.807) is 17.0 Å². The predicted molar refractivity (Wildman–Crippen MR) is 115 cm³/mol. The summed E-state index contributed by atoms with van der Waals surface area (Å²) in [5.74, 6) is 0.0462. The largest absolute Gasteiger partial charge is 0.416 e. The quantitative estimate of drug-likeness (QED) is 0.740. The molecule has 2 fully saturated rings. The van der Waals surface area contributed by atoms with E-state index in [9.17, 15) is 22.8 Å². The Kier molecular flexibility index (Phi) is 6.83. The Bertz CT molecular complexity index is 983. The molecule has 1 aromatic heterocycles. The zero-order valence-electron chi connectivity index (χ0n) is 18.0. The monoisotopic (exact) mass is 462 g/mol. The maximum absolute atomic E-state index is 12.9. The summed E-state index contributed by atoms with van der Waals surface area (Å²) in [5, 5.41) is 2.85. The Labute approximate surface area is 189 Å². The maximum atomic E-state index is 12.9. The van der Waals surface area contributed by atoms with Crippen molar-refractivity contribution in [1.29, 1.82) is 0 Å². The van der Waals surface area contributed by atoms with Crippen LogP contribution in [0.15, 0.2) is 42.6 Å². The number of benzene rings is 1. The van der Waals surface area contributed by atoms with Crippen LogP contribution in [0.25, 0.3) is 0 Å². The Hall–Kier alpha value is -3.14. The van der Waals surface area contributed by atoms with E-state index < -0.39 is 17.6 Å². The van der Waals surface area contributed by atoms with Gasteiger partial charge in [-0.15, -0.1) is 0 Å². The van der Waals surface area contributed by atoms with Crippen molar-refractivity contribution in [1.82, 2.24) is 15.2 Å². The fourth-order valence-electron chi connectivity index (χ4n) is 3.97. The number of halogens is 3. The smallest absolute Gasteiger partial charge is 0.376 e. The molecular formula is C23H25F3N4O3. The van der Waals surface area contributed by atoms with Crippen LogP contribution in [-0.2, 0) is 10.9 Å². The first-order valence-electron chi connectivity index (χ1n) is 10.9. The molecule has 1 unspecified atom stereocenters. The minimum absolute atomic E-state index is 0.0229. The molecule has 7 nitrogen and oxygen atoms in total. The number of hydrogen-bond donors (Lipinski definition) is 1. The van der Waals surface area contributed by atoms with Gasteiger partial charge in [0, 0.05) is 51.1 Å². The summed E-state index contributed by atoms with van der Waals surface area (Å²) in [6.45, 7) is 2.91. The molecule has 0 bridgehead atoms. The van der Waals surface area contributed by atoms with Gasteiger partial charge in [0.15, 0.2) is 0 Å². The number of carbonyl (C=O) groups excluding carboxylic acids is 2. The molecule has 0 spiro atoms. The summed E-state index contributed by atoms with van der Waals surface area (Å²) < 4.78 is 44.3. The number of alkyl halides is 3. The molecule has 2 aromatic rings. The van der Waals surface area contributed by atoms with Crippen LogP contribution in [0, 0.1) is 0 Å². The van der Waals surface area contributed by atoms with Crippen molar-refractivity contribution in [2.75, 3.05) is 44.2 Å². The van der Waals surface area contributed by atoms with Crippen LogP contribution in [-0.4, -0.2) is 67.1 Å². The number of piperazine rings is 1. The normalized spacial score (nSPS) is 18.9. The Balaban J connectivity index is 1.30. The van der Waals surface area contributed by atoms with Gasteiger partial charge in [-0.2, -0.15) is 13.2 Å². The number of ether oxygens (including phenoxy) is 1. The molecular weight excluding hydrogens is 437 g/mol. The number of anilines is 1. The highest BCUT2D eigenvalue weighted by atomic mass is 19.4. The lowest BCUT2D eigenvalue weighted by Crippen LogP contribution is -2.49. The lowest BCUT2D eigenvalue weighted by molar-refractivity contribution is -0.137. The van der Waals surface area contributed by atoms with E-state index in [-0.39, 0.29) is 17.6 Å². The molecule has 33 heavy (non-hydrogen) atoms. The van der Waals surface area contributed by atoms with Crippen molar-refractivity contribution in [2.45, 2.75) is 25.1 Å². The Morgan fingerprint density at radius 3 is 2.52 bits per heavy atom. The zero-order chi connectivity index (χ0) is 23.4. The molecule has 2 aliphatic heterocycles. The number of nitrogens with zero attached hydrogens (tertiary/aromatic N) is 3. The summed E-state index contributed by atoms with van der Waals surface area (Å²) in [6, 6.07) is 7.94. The first-order chi connectivity index (χ1) is 15.8. The highest BCUT2D eigenvalue weighted by molar-refractivity contribution is 5.95. The van der Waals surface area contributed by atoms with Gasteiger partial charge in [-0.1, -0.05) is 6.07 Å². The second kappa shape index (κ2) is 9.78. The molecule has 0 aliphatic carbocycles. The lowest BCUT2D eigenvalue weighted by atomic mass is 10.1. The minimum Gasteiger partial charge on any atom is -0.376 e. The van der Waals surface area contributed by atoms with Gasteiger partial charge >= 0.3 is 6.18 Å². The van der Waals surface area contributed by atoms with Crippen molar-refractivity contribution in [3.63, 3.8) is 0 Å². The van der Waals surface area contributed by atoms with Gasteiger partial charge in [0.1, 0.15) is 5.82 Å². The second-order valence-electron chi connectivity index (χ2n) is 8.11. The number of hydrogen-bond acceptors (Lipinski definition) is 5. The first kappa shape index (κ1) is 23.0. The summed E-state index contributed by atoms with van der Waals surface area (Å²) in [7, 11) is 0. The Morgan fingerprint density at radius 2 is 1.88 bits per heavy atom. The number of aromatic nitrogens is 1. The summed E-state index contributed by atoms with van der Waals surface area (Å²) in [6.07, 6.45) is -0.958. The van der Waals surface area contributed by atoms with E-state index in [0.29, 0.717) is 44.1 Å². The molecule has 2 aliphatic rings. The van der Waals surface area contributed by atoms with Crippen molar-refractivity contribution < 1.29 is 27.5 Å². The first-order valence-corrected chi connectivity index (χ1v) is 10.9. The SMILES string of the molecule is O=C(NCC1CCCO1)c1ccc(N2CCN(C(=O)c3cccc(C(F)(F)F)c3)CC2)nc1. The predicted octanol–water partition coefficient (Wildman–Crippen LogP) is 2.97. The van der Waals surface area contributed by atoms with Crippen molar-refractivity contribution in [3.8, 4) is 0 Å². The van der Waals surface area contributed by atoms with Gasteiger partial charge in [0.2, 0.25) is 0 Å². The van der Waals surface area contributed by atoms with E-state index in [1.165, 1.54) is 18.3 Å². The average Bonchev–Trinajstić information content (AvgIpc) is 3.36. The van der Waals surface area contributed by atoms with Crippen LogP contribution < -0.4 is 10.2 Å². The third-order valence-corrected chi connectivity index (χ3v) is 5.85. The summed E-state index contributed by atoms with van der Waals surface area (Å²) in [4.78, 5) is 32.9. The second-order valence-corrected chi connectivity index (χ2v) is 8.11. The molecule has 2 amide bonds. The van der Waals surface area contributed by atoms with Crippen LogP contribution in [0.3, 0.4) is 0 Å². The van der Waals surface area contributed by atoms with Gasteiger partial charge in [0.25, 0.3) is 11.8 Å². The number of amides is 2. The van der Waals surface area contributed by atoms with Gasteiger partial charge in [-0.25, -0.2) is 4.98 Å². The van der Waals surface area contributed by atoms with E-state index in [1.807, 2.05) is 4.90 Å². The highest BCUT2D eigenvalue weighted by Gasteiger charge is 2.32. The molecule has 1 N–H and O–H groups in total. The van der Waals surface area contributed by atoms with Gasteiger partial charge in [-0.3, -0.25) is 9.59 Å². The molecule has 0 radical (unpaired) electrons. The topological polar surface area (TPSA) is 74.8 Å². The van der Waals surface area contributed by atoms with Gasteiger partial charge in [-0.05, 0) is 43.2 Å². The lowest BCUT2D eigenvalue weighted by Gasteiger charge is -2.35. The molecule has 1 atom stereocenters. The van der Waals surface area contributed by atoms with Gasteiger partial charge in [0.05, 0.1) is 17.2 Å². The summed E-state index contributed by atoms with van der Waals surface area (Å²) >= 11 is 0. The average molecular weight is 462 g/mol. The van der Waals surface area contributed by atoms with Crippen LogP contribution in [0.2, 0.25) is 0 Å². The third kappa shape index (κ3) is 5.62. The van der Waals surface area contributed by atoms with Crippen LogP contribution in [0.4, 0.5) is 19.0 Å². The zero-order valence-corrected chi connectivity index (χ0v) is 18.0. The van der Waals surface area contributed by atoms with Crippen LogP contribution in [0.5, 0.6) is 0 Å². The number of nitrogens with one attached hydrogen (secondary N) is 1. The summed E-state index contributed by atoms with van der Waals surface area (Å²) in [5.41, 5.74) is -0.360. The minimum atomic E-state index is -4.49. The maximum Gasteiger partial charge on any atom is 0.416 e. The van der Waals surface area contributed by atoms with E-state index in [0.717, 1.165) is 31.6 Å². The molecule has 0 saturated carbocycles. The third-order valence-electron chi connectivity index (χ3n) is 5.85. The molecule has 1 aromatic carbocycles. The van der Waals surface area contributed by atoms with Crippen LogP contribution >= 0.6 is 0 Å². The van der Waals surface area contributed by atoms with Crippen molar-refractivity contribution in [3.05, 3.63) is 59.3 Å². The molecule has 176 valence electrons. The fourth-order valence-corrected chi connectivity index (χ4v) is 3.97. The fraction of sp³-hybridized carbons (Fsp3) is 0.435. The number of pyridine rings is 1. The Morgan fingerprint density at radius 1 is 1.09 bits per heavy atom. The van der Waals surface area contributed by atoms with Crippen molar-refractivity contribution in [2.24, 2.45) is 0 Å². The van der Waals surface area contributed by atoms with E-state index in [4.69, 9.17) is 4.74 Å². The molecule has 10 heteroatoms. The molecule has 3 heterocycles. The molecule has 4 rings (SSSR count). The molecule has 2 saturated heterocycles. The van der Waals surface area contributed by atoms with E-state index in [2.05, 4.69) is 10.3 Å². The van der Waals surface area contributed by atoms with E-state index >= 15 is 0 Å².